The second kappa shape index (κ2) is 10.1. The van der Waals surface area contributed by atoms with Crippen LogP contribution in [0.3, 0.4) is 0 Å². The summed E-state index contributed by atoms with van der Waals surface area (Å²) in [6.07, 6.45) is 5.03. The zero-order valence-electron chi connectivity index (χ0n) is 18.2. The fourth-order valence-corrected chi connectivity index (χ4v) is 4.05. The van der Waals surface area contributed by atoms with Crippen molar-refractivity contribution in [2.45, 2.75) is 13.8 Å². The first-order valence-electron chi connectivity index (χ1n) is 10.4. The molecule has 0 fully saturated rings. The van der Waals surface area contributed by atoms with Gasteiger partial charge < -0.3 is 4.74 Å². The van der Waals surface area contributed by atoms with Gasteiger partial charge in [-0.3, -0.25) is 10.1 Å². The Labute approximate surface area is 195 Å². The van der Waals surface area contributed by atoms with Crippen LogP contribution in [-0.4, -0.2) is 33.2 Å². The molecule has 8 heteroatoms. The van der Waals surface area contributed by atoms with Crippen LogP contribution in [-0.2, 0) is 9.53 Å². The van der Waals surface area contributed by atoms with Crippen LogP contribution in [0.1, 0.15) is 27.9 Å². The van der Waals surface area contributed by atoms with Gasteiger partial charge in [-0.15, -0.1) is 0 Å². The van der Waals surface area contributed by atoms with Crippen molar-refractivity contribution in [1.29, 1.82) is 0 Å². The van der Waals surface area contributed by atoms with Gasteiger partial charge in [-0.2, -0.15) is 5.10 Å². The van der Waals surface area contributed by atoms with E-state index in [0.717, 1.165) is 33.8 Å². The van der Waals surface area contributed by atoms with Crippen LogP contribution < -0.4 is 5.32 Å². The van der Waals surface area contributed by atoms with Gasteiger partial charge >= 0.3 is 5.97 Å². The number of esters is 1. The molecule has 0 atom stereocenters. The number of anilines is 1. The largest absolute Gasteiger partial charge is 0.462 e. The lowest BCUT2D eigenvalue weighted by Gasteiger charge is -2.00. The number of benzene rings is 2. The van der Waals surface area contributed by atoms with Crippen LogP contribution in [0.2, 0.25) is 0 Å². The van der Waals surface area contributed by atoms with Crippen LogP contribution in [0.15, 0.2) is 72.9 Å². The van der Waals surface area contributed by atoms with Crippen molar-refractivity contribution in [2.24, 2.45) is 0 Å². The maximum absolute atomic E-state index is 12.6. The summed E-state index contributed by atoms with van der Waals surface area (Å²) in [6, 6.07) is 19.6. The van der Waals surface area contributed by atoms with E-state index in [9.17, 15) is 9.59 Å². The number of hydrogen-bond donors (Lipinski definition) is 1. The van der Waals surface area contributed by atoms with E-state index in [4.69, 9.17) is 9.84 Å². The number of rotatable bonds is 7. The van der Waals surface area contributed by atoms with Gasteiger partial charge in [-0.1, -0.05) is 59.9 Å². The quantitative estimate of drug-likeness (QED) is 0.306. The summed E-state index contributed by atoms with van der Waals surface area (Å²) in [5.74, 6) is -0.796. The van der Waals surface area contributed by atoms with Gasteiger partial charge in [0.15, 0.2) is 5.13 Å². The molecule has 2 heterocycles. The average Bonchev–Trinajstić information content (AvgIpc) is 3.42. The fourth-order valence-electron chi connectivity index (χ4n) is 3.19. The normalized spacial score (nSPS) is 11.0. The summed E-state index contributed by atoms with van der Waals surface area (Å²) in [4.78, 5) is 29.2. The summed E-state index contributed by atoms with van der Waals surface area (Å²) in [5, 5.41) is 7.79. The summed E-state index contributed by atoms with van der Waals surface area (Å²) in [5.41, 5.74) is 3.94. The predicted molar refractivity (Wildman–Crippen MR) is 129 cm³/mol. The highest BCUT2D eigenvalue weighted by molar-refractivity contribution is 7.17. The Hall–Kier alpha value is -4.04. The minimum atomic E-state index is -0.440. The maximum Gasteiger partial charge on any atom is 0.350 e. The van der Waals surface area contributed by atoms with Crippen LogP contribution in [0.25, 0.3) is 23.0 Å². The molecule has 0 saturated carbocycles. The summed E-state index contributed by atoms with van der Waals surface area (Å²) in [6.45, 7) is 3.73. The molecular weight excluding hydrogens is 436 g/mol. The topological polar surface area (TPSA) is 86.1 Å². The SMILES string of the molecule is CCOC(=O)c1sc(NC(=O)C=Cc2cn(-c3ccccc3)nc2-c2ccccc2)nc1C. The highest BCUT2D eigenvalue weighted by atomic mass is 32.1. The van der Waals surface area contributed by atoms with Crippen molar-refractivity contribution in [1.82, 2.24) is 14.8 Å². The third-order valence-corrected chi connectivity index (χ3v) is 5.77. The molecule has 4 rings (SSSR count). The molecule has 166 valence electrons. The smallest absolute Gasteiger partial charge is 0.350 e. The van der Waals surface area contributed by atoms with E-state index >= 15 is 0 Å². The Kier molecular flexibility index (Phi) is 6.75. The molecule has 0 aliphatic carbocycles. The van der Waals surface area contributed by atoms with Gasteiger partial charge in [0.1, 0.15) is 4.88 Å². The van der Waals surface area contributed by atoms with Crippen molar-refractivity contribution >= 4 is 34.4 Å². The zero-order chi connectivity index (χ0) is 23.2. The van der Waals surface area contributed by atoms with Gasteiger partial charge in [-0.25, -0.2) is 14.5 Å². The lowest BCUT2D eigenvalue weighted by Crippen LogP contribution is -2.07. The molecule has 0 aliphatic rings. The number of carbonyl (C=O) groups is 2. The Balaban J connectivity index is 1.57. The molecule has 0 aliphatic heterocycles. The number of thiazole rings is 1. The molecule has 1 amide bonds. The van der Waals surface area contributed by atoms with Crippen molar-refractivity contribution in [3.63, 3.8) is 0 Å². The first-order valence-corrected chi connectivity index (χ1v) is 11.2. The molecule has 2 aromatic heterocycles. The number of carbonyl (C=O) groups excluding carboxylic acids is 2. The number of nitrogens with one attached hydrogen (secondary N) is 1. The number of aromatic nitrogens is 3. The monoisotopic (exact) mass is 458 g/mol. The van der Waals surface area contributed by atoms with Gasteiger partial charge in [0, 0.05) is 23.4 Å². The molecule has 1 N–H and O–H groups in total. The minimum absolute atomic E-state index is 0.279. The van der Waals surface area contributed by atoms with Gasteiger partial charge in [0.25, 0.3) is 0 Å². The fraction of sp³-hybridized carbons (Fsp3) is 0.120. The number of para-hydroxylation sites is 1. The number of aryl methyl sites for hydroxylation is 1. The standard InChI is InChI=1S/C25H22N4O3S/c1-3-32-24(31)23-17(2)26-25(33-23)27-21(30)15-14-19-16-29(20-12-8-5-9-13-20)28-22(19)18-10-6-4-7-11-18/h4-16H,3H2,1-2H3,(H,26,27,30). The van der Waals surface area contributed by atoms with Gasteiger partial charge in [-0.05, 0) is 32.1 Å². The second-order valence-corrected chi connectivity index (χ2v) is 8.05. The molecule has 7 nitrogen and oxygen atoms in total. The maximum atomic E-state index is 12.6. The number of nitrogens with zero attached hydrogens (tertiary/aromatic N) is 3. The van der Waals surface area contributed by atoms with Crippen LogP contribution in [0.5, 0.6) is 0 Å². The molecule has 0 radical (unpaired) electrons. The molecule has 2 aromatic carbocycles. The van der Waals surface area contributed by atoms with Crippen LogP contribution >= 0.6 is 11.3 Å². The molecular formula is C25H22N4O3S. The highest BCUT2D eigenvalue weighted by Gasteiger charge is 2.17. The minimum Gasteiger partial charge on any atom is -0.462 e. The summed E-state index contributed by atoms with van der Waals surface area (Å²) >= 11 is 1.09. The molecule has 0 unspecified atom stereocenters. The van der Waals surface area contributed by atoms with Crippen molar-refractivity contribution < 1.29 is 14.3 Å². The summed E-state index contributed by atoms with van der Waals surface area (Å²) in [7, 11) is 0. The Morgan fingerprint density at radius 1 is 1.09 bits per heavy atom. The number of amides is 1. The summed E-state index contributed by atoms with van der Waals surface area (Å²) < 4.78 is 6.81. The Bertz CT molecular complexity index is 1290. The Morgan fingerprint density at radius 3 is 2.48 bits per heavy atom. The van der Waals surface area contributed by atoms with Crippen LogP contribution in [0.4, 0.5) is 5.13 Å². The average molecular weight is 459 g/mol. The molecule has 0 saturated heterocycles. The second-order valence-electron chi connectivity index (χ2n) is 7.06. The van der Waals surface area contributed by atoms with Gasteiger partial charge in [0.05, 0.1) is 23.7 Å². The molecule has 33 heavy (non-hydrogen) atoms. The first-order chi connectivity index (χ1) is 16.0. The van der Waals surface area contributed by atoms with Crippen LogP contribution in [0, 0.1) is 6.92 Å². The number of ether oxygens (including phenoxy) is 1. The van der Waals surface area contributed by atoms with E-state index in [0.29, 0.717) is 15.7 Å². The van der Waals surface area contributed by atoms with E-state index in [1.165, 1.54) is 6.08 Å². The Morgan fingerprint density at radius 2 is 1.79 bits per heavy atom. The molecule has 4 aromatic rings. The van der Waals surface area contributed by atoms with E-state index in [-0.39, 0.29) is 12.5 Å². The van der Waals surface area contributed by atoms with E-state index in [2.05, 4.69) is 10.3 Å². The molecule has 0 bridgehead atoms. The van der Waals surface area contributed by atoms with Crippen molar-refractivity contribution in [3.8, 4) is 16.9 Å². The van der Waals surface area contributed by atoms with E-state index < -0.39 is 5.97 Å². The third-order valence-electron chi connectivity index (χ3n) is 4.71. The van der Waals surface area contributed by atoms with Gasteiger partial charge in [0.2, 0.25) is 5.91 Å². The number of hydrogen-bond acceptors (Lipinski definition) is 6. The first kappa shape index (κ1) is 22.2. The predicted octanol–water partition coefficient (Wildman–Crippen LogP) is 5.13. The van der Waals surface area contributed by atoms with Crippen molar-refractivity contribution in [2.75, 3.05) is 11.9 Å². The molecule has 0 spiro atoms. The third kappa shape index (κ3) is 5.24. The van der Waals surface area contributed by atoms with Crippen molar-refractivity contribution in [3.05, 3.63) is 89.1 Å². The lowest BCUT2D eigenvalue weighted by molar-refractivity contribution is -0.111. The van der Waals surface area contributed by atoms with E-state index in [1.54, 1.807) is 24.6 Å². The van der Waals surface area contributed by atoms with E-state index in [1.807, 2.05) is 66.9 Å². The zero-order valence-corrected chi connectivity index (χ0v) is 19.0. The lowest BCUT2D eigenvalue weighted by atomic mass is 10.1. The highest BCUT2D eigenvalue weighted by Crippen LogP contribution is 2.26.